The number of nitrogens with zero attached hydrogens (tertiary/aromatic N) is 4. The normalized spacial score (nSPS) is 19.0. The quantitative estimate of drug-likeness (QED) is 0.866. The van der Waals surface area contributed by atoms with E-state index < -0.39 is 5.66 Å². The van der Waals surface area contributed by atoms with Crippen LogP contribution in [-0.4, -0.2) is 25.4 Å². The molecule has 0 bridgehead atoms. The summed E-state index contributed by atoms with van der Waals surface area (Å²) in [5.41, 5.74) is -0.185. The highest BCUT2D eigenvalue weighted by Crippen LogP contribution is 2.31. The molecule has 24 heavy (non-hydrogen) atoms. The van der Waals surface area contributed by atoms with Gasteiger partial charge in [0.1, 0.15) is 23.5 Å². The first-order valence-electron chi connectivity index (χ1n) is 8.02. The van der Waals surface area contributed by atoms with E-state index in [1.54, 1.807) is 23.8 Å². The molecule has 1 aliphatic heterocycles. The fourth-order valence-electron chi connectivity index (χ4n) is 3.22. The van der Waals surface area contributed by atoms with E-state index in [0.717, 1.165) is 6.42 Å². The Morgan fingerprint density at radius 2 is 2.12 bits per heavy atom. The van der Waals surface area contributed by atoms with Crippen molar-refractivity contribution in [3.8, 4) is 0 Å². The maximum atomic E-state index is 13.0. The van der Waals surface area contributed by atoms with Crippen LogP contribution in [0.3, 0.4) is 0 Å². The molecular weight excluding hydrogens is 308 g/mol. The SMILES string of the molecule is CCCC1(CC)NC(=O)c2c(C)nc(Nc3ccncn3)c(=O)n21. The van der Waals surface area contributed by atoms with Gasteiger partial charge in [-0.25, -0.2) is 15.0 Å². The third-order valence-corrected chi connectivity index (χ3v) is 4.32. The van der Waals surface area contributed by atoms with E-state index in [4.69, 9.17) is 0 Å². The van der Waals surface area contributed by atoms with Crippen molar-refractivity contribution >= 4 is 17.5 Å². The van der Waals surface area contributed by atoms with Crippen LogP contribution in [0.5, 0.6) is 0 Å². The number of aryl methyl sites for hydroxylation is 1. The second kappa shape index (κ2) is 6.03. The standard InChI is InChI=1S/C16H20N6O2/c1-4-7-16(5-2)21-14(23)12-10(3)19-13(15(24)22(12)16)20-11-6-8-17-9-18-11/h6,8-9H,4-5,7H2,1-3H3,(H,21,23)(H,17,18,19,20). The Balaban J connectivity index is 2.17. The first-order valence-corrected chi connectivity index (χ1v) is 8.02. The van der Waals surface area contributed by atoms with Crippen LogP contribution in [0.25, 0.3) is 0 Å². The molecule has 2 aromatic rings. The molecule has 1 unspecified atom stereocenters. The van der Waals surface area contributed by atoms with E-state index in [-0.39, 0.29) is 17.3 Å². The molecular formula is C16H20N6O2. The monoisotopic (exact) mass is 328 g/mol. The lowest BCUT2D eigenvalue weighted by Crippen LogP contribution is -2.47. The first-order chi connectivity index (χ1) is 11.5. The van der Waals surface area contributed by atoms with Crippen molar-refractivity contribution in [2.75, 3.05) is 5.32 Å². The minimum atomic E-state index is -0.700. The highest BCUT2D eigenvalue weighted by atomic mass is 16.2. The zero-order valence-electron chi connectivity index (χ0n) is 14.0. The van der Waals surface area contributed by atoms with E-state index in [1.807, 2.05) is 13.8 Å². The predicted octanol–water partition coefficient (Wildman–Crippen LogP) is 1.69. The summed E-state index contributed by atoms with van der Waals surface area (Å²) in [5, 5.41) is 5.91. The van der Waals surface area contributed by atoms with Crippen LogP contribution in [-0.2, 0) is 5.66 Å². The molecule has 2 aromatic heterocycles. The summed E-state index contributed by atoms with van der Waals surface area (Å²) < 4.78 is 1.56. The molecule has 3 rings (SSSR count). The van der Waals surface area contributed by atoms with Crippen LogP contribution in [0.2, 0.25) is 0 Å². The summed E-state index contributed by atoms with van der Waals surface area (Å²) in [4.78, 5) is 37.6. The molecule has 0 aliphatic carbocycles. The summed E-state index contributed by atoms with van der Waals surface area (Å²) in [6, 6.07) is 1.65. The van der Waals surface area contributed by atoms with Gasteiger partial charge in [-0.3, -0.25) is 14.2 Å². The van der Waals surface area contributed by atoms with Gasteiger partial charge in [0.05, 0.1) is 5.69 Å². The van der Waals surface area contributed by atoms with Gasteiger partial charge in [0, 0.05) is 6.20 Å². The average molecular weight is 328 g/mol. The number of hydrogen-bond acceptors (Lipinski definition) is 6. The Hall–Kier alpha value is -2.77. The van der Waals surface area contributed by atoms with Gasteiger partial charge in [0.15, 0.2) is 5.82 Å². The van der Waals surface area contributed by atoms with Crippen molar-refractivity contribution in [3.63, 3.8) is 0 Å². The Labute approximate surface area is 139 Å². The van der Waals surface area contributed by atoms with E-state index in [2.05, 4.69) is 25.6 Å². The Morgan fingerprint density at radius 3 is 2.75 bits per heavy atom. The van der Waals surface area contributed by atoms with Gasteiger partial charge < -0.3 is 10.6 Å². The second-order valence-corrected chi connectivity index (χ2v) is 5.84. The van der Waals surface area contributed by atoms with Gasteiger partial charge in [-0.1, -0.05) is 20.3 Å². The molecule has 8 heteroatoms. The van der Waals surface area contributed by atoms with Crippen molar-refractivity contribution < 1.29 is 4.79 Å². The zero-order valence-corrected chi connectivity index (χ0v) is 14.0. The number of nitrogens with one attached hydrogen (secondary N) is 2. The maximum Gasteiger partial charge on any atom is 0.296 e. The van der Waals surface area contributed by atoms with E-state index in [1.165, 1.54) is 6.33 Å². The zero-order chi connectivity index (χ0) is 17.3. The summed E-state index contributed by atoms with van der Waals surface area (Å²) in [7, 11) is 0. The Bertz CT molecular complexity index is 832. The molecule has 3 heterocycles. The minimum Gasteiger partial charge on any atom is -0.327 e. The lowest BCUT2D eigenvalue weighted by Gasteiger charge is -2.30. The lowest BCUT2D eigenvalue weighted by molar-refractivity contribution is 0.0905. The fourth-order valence-corrected chi connectivity index (χ4v) is 3.22. The highest BCUT2D eigenvalue weighted by molar-refractivity contribution is 5.96. The van der Waals surface area contributed by atoms with Crippen molar-refractivity contribution in [3.05, 3.63) is 40.3 Å². The van der Waals surface area contributed by atoms with Crippen LogP contribution in [0.15, 0.2) is 23.4 Å². The van der Waals surface area contributed by atoms with Gasteiger partial charge in [-0.2, -0.15) is 0 Å². The summed E-state index contributed by atoms with van der Waals surface area (Å²) in [6.45, 7) is 5.72. The number of amides is 1. The third-order valence-electron chi connectivity index (χ3n) is 4.32. The van der Waals surface area contributed by atoms with Crippen LogP contribution in [0, 0.1) is 6.92 Å². The molecule has 1 atom stereocenters. The summed E-state index contributed by atoms with van der Waals surface area (Å²) in [6.07, 6.45) is 5.11. The molecule has 126 valence electrons. The van der Waals surface area contributed by atoms with Crippen molar-refractivity contribution in [2.45, 2.75) is 45.7 Å². The third kappa shape index (κ3) is 2.44. The number of aromatic nitrogens is 4. The molecule has 0 radical (unpaired) electrons. The van der Waals surface area contributed by atoms with E-state index in [0.29, 0.717) is 30.0 Å². The van der Waals surface area contributed by atoms with Gasteiger partial charge in [-0.05, 0) is 25.8 Å². The van der Waals surface area contributed by atoms with Gasteiger partial charge >= 0.3 is 0 Å². The molecule has 0 aromatic carbocycles. The number of carbonyl (C=O) groups is 1. The Morgan fingerprint density at radius 1 is 1.33 bits per heavy atom. The van der Waals surface area contributed by atoms with Gasteiger partial charge in [-0.15, -0.1) is 0 Å². The second-order valence-electron chi connectivity index (χ2n) is 5.84. The molecule has 0 spiro atoms. The molecule has 1 aliphatic rings. The first kappa shape index (κ1) is 16.1. The van der Waals surface area contributed by atoms with Crippen molar-refractivity contribution in [2.24, 2.45) is 0 Å². The van der Waals surface area contributed by atoms with Crippen LogP contribution in [0.4, 0.5) is 11.6 Å². The van der Waals surface area contributed by atoms with E-state index in [9.17, 15) is 9.59 Å². The summed E-state index contributed by atoms with van der Waals surface area (Å²) in [5.74, 6) is 0.380. The van der Waals surface area contributed by atoms with E-state index >= 15 is 0 Å². The predicted molar refractivity (Wildman–Crippen MR) is 89.2 cm³/mol. The van der Waals surface area contributed by atoms with Crippen molar-refractivity contribution in [1.29, 1.82) is 0 Å². The van der Waals surface area contributed by atoms with Crippen LogP contribution in [0.1, 0.15) is 49.3 Å². The number of anilines is 2. The molecule has 0 fully saturated rings. The smallest absolute Gasteiger partial charge is 0.296 e. The Kier molecular flexibility index (Phi) is 4.04. The van der Waals surface area contributed by atoms with Gasteiger partial charge in [0.25, 0.3) is 11.5 Å². The number of carbonyl (C=O) groups excluding carboxylic acids is 1. The largest absolute Gasteiger partial charge is 0.327 e. The summed E-state index contributed by atoms with van der Waals surface area (Å²) >= 11 is 0. The number of hydrogen-bond donors (Lipinski definition) is 2. The number of rotatable bonds is 5. The molecule has 2 N–H and O–H groups in total. The topological polar surface area (TPSA) is 102 Å². The van der Waals surface area contributed by atoms with Crippen LogP contribution < -0.4 is 16.2 Å². The maximum absolute atomic E-state index is 13.0. The van der Waals surface area contributed by atoms with Crippen LogP contribution >= 0.6 is 0 Å². The molecule has 0 saturated heterocycles. The average Bonchev–Trinajstić information content (AvgIpc) is 2.87. The molecule has 8 nitrogen and oxygen atoms in total. The molecule has 1 amide bonds. The highest BCUT2D eigenvalue weighted by Gasteiger charge is 2.43. The van der Waals surface area contributed by atoms with Gasteiger partial charge in [0.2, 0.25) is 0 Å². The lowest BCUT2D eigenvalue weighted by atomic mass is 10.0. The van der Waals surface area contributed by atoms with Crippen molar-refractivity contribution in [1.82, 2.24) is 24.8 Å². The number of fused-ring (bicyclic) bond motifs is 1. The fraction of sp³-hybridized carbons (Fsp3) is 0.438. The minimum absolute atomic E-state index is 0.153. The molecule has 0 saturated carbocycles.